The molecule has 2 amide bonds. The van der Waals surface area contributed by atoms with Crippen molar-refractivity contribution in [2.75, 3.05) is 19.7 Å². The molecule has 1 saturated heterocycles. The first-order valence-corrected chi connectivity index (χ1v) is 14.0. The Hall–Kier alpha value is -4.60. The van der Waals surface area contributed by atoms with E-state index in [0.717, 1.165) is 24.1 Å². The molecule has 5 atom stereocenters. The Bertz CT molecular complexity index is 1560. The number of carbonyl (C=O) groups is 2. The maximum atomic E-state index is 13.6. The highest BCUT2D eigenvalue weighted by Crippen LogP contribution is 2.42. The number of benzene rings is 1. The monoisotopic (exact) mass is 615 g/mol. The summed E-state index contributed by atoms with van der Waals surface area (Å²) in [4.78, 5) is 40.4. The molecule has 1 aromatic carbocycles. The summed E-state index contributed by atoms with van der Waals surface area (Å²) in [6.07, 6.45) is -4.48. The number of nitrogens with zero attached hydrogens (tertiary/aromatic N) is 4. The lowest BCUT2D eigenvalue weighted by Gasteiger charge is -2.46. The fourth-order valence-corrected chi connectivity index (χ4v) is 6.38. The first-order chi connectivity index (χ1) is 20.7. The number of para-hydroxylation sites is 1. The van der Waals surface area contributed by atoms with Crippen molar-refractivity contribution in [3.05, 3.63) is 58.9 Å². The summed E-state index contributed by atoms with van der Waals surface area (Å²) in [7, 11) is 0. The van der Waals surface area contributed by atoms with E-state index in [1.54, 1.807) is 17.0 Å². The third kappa shape index (κ3) is 4.73. The molecule has 0 bridgehead atoms. The molecule has 234 valence electrons. The number of aliphatic hydroxyl groups excluding tert-OH is 1. The second-order valence-electron chi connectivity index (χ2n) is 11.9. The highest BCUT2D eigenvalue weighted by Gasteiger charge is 2.65. The first kappa shape index (κ1) is 29.5. The van der Waals surface area contributed by atoms with Crippen LogP contribution in [-0.2, 0) is 11.6 Å². The number of guanidine groups is 2. The second kappa shape index (κ2) is 10.2. The van der Waals surface area contributed by atoms with Gasteiger partial charge in [-0.2, -0.15) is 13.2 Å². The Balaban J connectivity index is 1.20. The largest absolute Gasteiger partial charge is 0.492 e. The zero-order valence-corrected chi connectivity index (χ0v) is 23.9. The molecule has 16 heteroatoms. The van der Waals surface area contributed by atoms with Crippen LogP contribution >= 0.6 is 0 Å². The van der Waals surface area contributed by atoms with Crippen molar-refractivity contribution in [3.63, 3.8) is 0 Å². The molecule has 8 N–H and O–H groups in total. The highest BCUT2D eigenvalue weighted by molar-refractivity contribution is 5.98. The van der Waals surface area contributed by atoms with Crippen LogP contribution < -0.4 is 32.2 Å². The van der Waals surface area contributed by atoms with Crippen LogP contribution in [0.4, 0.5) is 13.2 Å². The lowest BCUT2D eigenvalue weighted by Crippen LogP contribution is -2.73. The molecule has 6 rings (SSSR count). The molecule has 13 nitrogen and oxygen atoms in total. The number of nitrogens with two attached hydrogens (primary N) is 2. The van der Waals surface area contributed by atoms with Crippen LogP contribution in [0.25, 0.3) is 0 Å². The second-order valence-corrected chi connectivity index (χ2v) is 11.9. The summed E-state index contributed by atoms with van der Waals surface area (Å²) in [5, 5.41) is 20.2. The Morgan fingerprint density at radius 2 is 1.95 bits per heavy atom. The molecular weight excluding hydrogens is 583 g/mol. The van der Waals surface area contributed by atoms with Crippen molar-refractivity contribution >= 4 is 23.7 Å². The van der Waals surface area contributed by atoms with Crippen molar-refractivity contribution < 1.29 is 32.6 Å². The number of fused-ring (bicyclic) bond motifs is 1. The van der Waals surface area contributed by atoms with Crippen molar-refractivity contribution in [2.24, 2.45) is 21.5 Å². The molecule has 4 aliphatic rings. The van der Waals surface area contributed by atoms with Crippen LogP contribution in [0.5, 0.6) is 5.75 Å². The van der Waals surface area contributed by atoms with Crippen LogP contribution in [0, 0.1) is 0 Å². The Kier molecular flexibility index (Phi) is 6.86. The number of aliphatic imine (C=N–C) groups is 2. The summed E-state index contributed by atoms with van der Waals surface area (Å²) in [5.41, 5.74) is 10.9. The lowest BCUT2D eigenvalue weighted by atomic mass is 9.79. The van der Waals surface area contributed by atoms with Gasteiger partial charge >= 0.3 is 6.18 Å². The predicted octanol–water partition coefficient (Wildman–Crippen LogP) is 0.0451. The molecule has 44 heavy (non-hydrogen) atoms. The van der Waals surface area contributed by atoms with Crippen LogP contribution in [0.2, 0.25) is 0 Å². The SMILES string of the molecule is CC1(C)CCOc2c(C(=O)NC3CN4C(N)=N[C@@H](CNC(=O)c5ccc(C(F)(F)F)cn5)C5N=C(N)NC54[C@@H]3O)cccc21. The normalized spacial score (nSPS) is 28.4. The lowest BCUT2D eigenvalue weighted by molar-refractivity contribution is -0.137. The van der Waals surface area contributed by atoms with Crippen LogP contribution in [0.15, 0.2) is 46.5 Å². The summed E-state index contributed by atoms with van der Waals surface area (Å²) >= 11 is 0. The number of alkyl halides is 3. The van der Waals surface area contributed by atoms with Gasteiger partial charge in [0, 0.05) is 24.8 Å². The zero-order chi connectivity index (χ0) is 31.6. The van der Waals surface area contributed by atoms with Crippen LogP contribution in [-0.4, -0.2) is 88.3 Å². The summed E-state index contributed by atoms with van der Waals surface area (Å²) < 4.78 is 44.5. The molecule has 0 aliphatic carbocycles. The number of aliphatic hydroxyl groups is 1. The quantitative estimate of drug-likeness (QED) is 0.270. The Labute approximate surface area is 249 Å². The number of amides is 2. The summed E-state index contributed by atoms with van der Waals surface area (Å²) in [5.74, 6) is -0.645. The van der Waals surface area contributed by atoms with Gasteiger partial charge in [0.15, 0.2) is 17.6 Å². The fraction of sp³-hybridized carbons (Fsp3) is 0.464. The fourth-order valence-electron chi connectivity index (χ4n) is 6.38. The molecule has 0 radical (unpaired) electrons. The molecule has 0 saturated carbocycles. The maximum absolute atomic E-state index is 13.6. The van der Waals surface area contributed by atoms with Gasteiger partial charge in [0.05, 0.1) is 29.8 Å². The molecular formula is C28H32F3N9O4. The number of rotatable bonds is 5. The highest BCUT2D eigenvalue weighted by atomic mass is 19.4. The van der Waals surface area contributed by atoms with E-state index in [1.165, 1.54) is 0 Å². The van der Waals surface area contributed by atoms with Gasteiger partial charge in [0.25, 0.3) is 11.8 Å². The molecule has 2 aromatic rings. The average molecular weight is 616 g/mol. The predicted molar refractivity (Wildman–Crippen MR) is 152 cm³/mol. The van der Waals surface area contributed by atoms with E-state index in [2.05, 4.69) is 44.8 Å². The van der Waals surface area contributed by atoms with E-state index in [4.69, 9.17) is 16.2 Å². The molecule has 5 heterocycles. The van der Waals surface area contributed by atoms with Gasteiger partial charge in [-0.15, -0.1) is 0 Å². The van der Waals surface area contributed by atoms with Crippen LogP contribution in [0.1, 0.15) is 52.2 Å². The minimum absolute atomic E-state index is 0.00409. The zero-order valence-electron chi connectivity index (χ0n) is 23.9. The summed E-state index contributed by atoms with van der Waals surface area (Å²) in [6.45, 7) is 4.57. The average Bonchev–Trinajstić information content (AvgIpc) is 3.46. The smallest absolute Gasteiger partial charge is 0.417 e. The molecule has 4 aliphatic heterocycles. The molecule has 3 unspecified atom stereocenters. The van der Waals surface area contributed by atoms with E-state index in [0.29, 0.717) is 24.1 Å². The number of ether oxygens (including phenoxy) is 1. The number of hydrogen-bond donors (Lipinski definition) is 6. The van der Waals surface area contributed by atoms with Crippen molar-refractivity contribution in [1.82, 2.24) is 25.8 Å². The van der Waals surface area contributed by atoms with E-state index in [9.17, 15) is 27.9 Å². The number of hydrogen-bond acceptors (Lipinski definition) is 11. The Morgan fingerprint density at radius 3 is 2.66 bits per heavy atom. The molecule has 1 spiro atoms. The Morgan fingerprint density at radius 1 is 1.18 bits per heavy atom. The minimum atomic E-state index is -4.59. The number of aromatic nitrogens is 1. The van der Waals surface area contributed by atoms with Gasteiger partial charge in [-0.3, -0.25) is 14.6 Å². The van der Waals surface area contributed by atoms with Crippen molar-refractivity contribution in [2.45, 2.75) is 61.8 Å². The van der Waals surface area contributed by atoms with Crippen molar-refractivity contribution in [3.8, 4) is 5.75 Å². The van der Waals surface area contributed by atoms with Gasteiger partial charge in [-0.1, -0.05) is 26.0 Å². The van der Waals surface area contributed by atoms with Crippen LogP contribution in [0.3, 0.4) is 0 Å². The van der Waals surface area contributed by atoms with Gasteiger partial charge in [0.1, 0.15) is 23.6 Å². The molecule has 1 fully saturated rings. The molecule has 1 aromatic heterocycles. The van der Waals surface area contributed by atoms with Gasteiger partial charge in [-0.05, 0) is 30.0 Å². The third-order valence-electron chi connectivity index (χ3n) is 8.73. The first-order valence-electron chi connectivity index (χ1n) is 14.0. The minimum Gasteiger partial charge on any atom is -0.492 e. The van der Waals surface area contributed by atoms with E-state index in [1.807, 2.05) is 6.07 Å². The standard InChI is InChI=1S/C28H32F3N9O4/c1-26(2)8-9-44-19-14(4-3-5-15(19)26)22(42)36-18-12-40-25(33)37-17(20-27(40,21(18)41)39-24(32)38-20)11-35-23(43)16-7-6-13(10-34-16)28(29,30)31/h3-7,10,17-18,20-21,41H,8-9,11-12H2,1-2H3,(H2,33,37)(H,35,43)(H,36,42)(H3,32,38,39)/t17-,18?,20?,21+,27?/m0/s1. The number of halogens is 3. The summed E-state index contributed by atoms with van der Waals surface area (Å²) in [6, 6.07) is 4.64. The van der Waals surface area contributed by atoms with Gasteiger partial charge in [0.2, 0.25) is 0 Å². The van der Waals surface area contributed by atoms with E-state index < -0.39 is 53.4 Å². The van der Waals surface area contributed by atoms with Crippen molar-refractivity contribution in [1.29, 1.82) is 0 Å². The number of nitrogens with one attached hydrogen (secondary N) is 3. The van der Waals surface area contributed by atoms with Gasteiger partial charge in [-0.25, -0.2) is 9.98 Å². The van der Waals surface area contributed by atoms with E-state index >= 15 is 0 Å². The van der Waals surface area contributed by atoms with E-state index in [-0.39, 0.29) is 36.1 Å². The number of pyridine rings is 1. The topological polar surface area (TPSA) is 193 Å². The maximum Gasteiger partial charge on any atom is 0.417 e. The third-order valence-corrected chi connectivity index (χ3v) is 8.73. The van der Waals surface area contributed by atoms with Gasteiger partial charge < -0.3 is 42.2 Å². The number of carbonyl (C=O) groups excluding carboxylic acids is 2.